The molecule has 5 aromatic carbocycles. The van der Waals surface area contributed by atoms with Crippen LogP contribution in [0.5, 0.6) is 0 Å². The second kappa shape index (κ2) is 14.5. The molecule has 0 saturated heterocycles. The summed E-state index contributed by atoms with van der Waals surface area (Å²) in [5.74, 6) is 0. The standard InChI is InChI=1S/C38H42N2O3Si/c1-6-41-44(42-7-2,43-8-3)38-28-26-37(27-29-38)39(32-12-10-9-11-13-32)35-22-24-36(25-23-35)40(33-18-14-30(4)15-19-33)34-20-16-31(5)17-21-34/h9-29H,6-8H2,1-5H3. The highest BCUT2D eigenvalue weighted by atomic mass is 28.4. The lowest BCUT2D eigenvalue weighted by molar-refractivity contribution is 0.0859. The molecule has 0 saturated carbocycles. The molecule has 0 atom stereocenters. The third kappa shape index (κ3) is 6.95. The Morgan fingerprint density at radius 2 is 0.705 bits per heavy atom. The van der Waals surface area contributed by atoms with Gasteiger partial charge in [-0.05, 0) is 107 Å². The molecule has 0 bridgehead atoms. The smallest absolute Gasteiger partial charge is 0.370 e. The topological polar surface area (TPSA) is 34.2 Å². The van der Waals surface area contributed by atoms with E-state index < -0.39 is 8.80 Å². The van der Waals surface area contributed by atoms with Crippen LogP contribution in [0.3, 0.4) is 0 Å². The minimum Gasteiger partial charge on any atom is -0.370 e. The van der Waals surface area contributed by atoms with Crippen LogP contribution in [0.25, 0.3) is 0 Å². The number of hydrogen-bond donors (Lipinski definition) is 0. The molecule has 0 unspecified atom stereocenters. The molecule has 0 aromatic heterocycles. The Kier molecular flexibility index (Phi) is 10.3. The number of para-hydroxylation sites is 1. The zero-order valence-corrected chi connectivity index (χ0v) is 27.4. The van der Waals surface area contributed by atoms with Gasteiger partial charge in [-0.3, -0.25) is 0 Å². The summed E-state index contributed by atoms with van der Waals surface area (Å²) in [7, 11) is -3.00. The van der Waals surface area contributed by atoms with Gasteiger partial charge in [0.1, 0.15) is 0 Å². The molecule has 6 heteroatoms. The first-order valence-electron chi connectivity index (χ1n) is 15.4. The van der Waals surface area contributed by atoms with Gasteiger partial charge in [0.15, 0.2) is 0 Å². The number of nitrogens with zero attached hydrogens (tertiary/aromatic N) is 2. The van der Waals surface area contributed by atoms with Crippen LogP contribution in [0.2, 0.25) is 0 Å². The highest BCUT2D eigenvalue weighted by molar-refractivity contribution is 6.75. The Hall–Kier alpha value is -4.20. The van der Waals surface area contributed by atoms with Crippen molar-refractivity contribution in [2.24, 2.45) is 0 Å². The summed E-state index contributed by atoms with van der Waals surface area (Å²) in [6.45, 7) is 11.8. The number of anilines is 6. The summed E-state index contributed by atoms with van der Waals surface area (Å²) in [5.41, 5.74) is 8.97. The Balaban J connectivity index is 1.54. The van der Waals surface area contributed by atoms with E-state index in [-0.39, 0.29) is 0 Å². The first-order valence-corrected chi connectivity index (χ1v) is 17.1. The number of aryl methyl sites for hydroxylation is 2. The lowest BCUT2D eigenvalue weighted by Crippen LogP contribution is -2.56. The van der Waals surface area contributed by atoms with E-state index in [0.29, 0.717) is 19.8 Å². The van der Waals surface area contributed by atoms with E-state index in [1.807, 2.05) is 26.8 Å². The lowest BCUT2D eigenvalue weighted by Gasteiger charge is -2.30. The molecular weight excluding hydrogens is 561 g/mol. The van der Waals surface area contributed by atoms with Crippen LogP contribution in [0.1, 0.15) is 31.9 Å². The van der Waals surface area contributed by atoms with Crippen molar-refractivity contribution in [2.45, 2.75) is 34.6 Å². The van der Waals surface area contributed by atoms with E-state index in [0.717, 1.165) is 39.3 Å². The van der Waals surface area contributed by atoms with Gasteiger partial charge in [0, 0.05) is 59.1 Å². The summed E-state index contributed by atoms with van der Waals surface area (Å²) in [6.07, 6.45) is 0. The van der Waals surface area contributed by atoms with Gasteiger partial charge in [-0.25, -0.2) is 0 Å². The van der Waals surface area contributed by atoms with Gasteiger partial charge in [-0.2, -0.15) is 0 Å². The van der Waals surface area contributed by atoms with Crippen LogP contribution in [0.15, 0.2) is 127 Å². The summed E-state index contributed by atoms with van der Waals surface area (Å²) >= 11 is 0. The Morgan fingerprint density at radius 3 is 1.05 bits per heavy atom. The third-order valence-corrected chi connectivity index (χ3v) is 10.5. The predicted octanol–water partition coefficient (Wildman–Crippen LogP) is 9.50. The molecule has 0 spiro atoms. The van der Waals surface area contributed by atoms with Crippen LogP contribution in [-0.2, 0) is 13.3 Å². The fraction of sp³-hybridized carbons (Fsp3) is 0.211. The predicted molar refractivity (Wildman–Crippen MR) is 186 cm³/mol. The summed E-state index contributed by atoms with van der Waals surface area (Å²) in [4.78, 5) is 4.56. The van der Waals surface area contributed by atoms with Crippen molar-refractivity contribution in [1.82, 2.24) is 0 Å². The van der Waals surface area contributed by atoms with Crippen molar-refractivity contribution in [1.29, 1.82) is 0 Å². The van der Waals surface area contributed by atoms with Crippen molar-refractivity contribution < 1.29 is 13.3 Å². The van der Waals surface area contributed by atoms with E-state index in [1.54, 1.807) is 0 Å². The SMILES string of the molecule is CCO[Si](OCC)(OCC)c1ccc(N(c2ccccc2)c2ccc(N(c3ccc(C)cc3)c3ccc(C)cc3)cc2)cc1. The molecule has 0 amide bonds. The number of rotatable bonds is 13. The average Bonchev–Trinajstić information content (AvgIpc) is 3.05. The average molecular weight is 603 g/mol. The zero-order valence-electron chi connectivity index (χ0n) is 26.4. The maximum absolute atomic E-state index is 6.16. The van der Waals surface area contributed by atoms with Crippen LogP contribution in [-0.4, -0.2) is 28.6 Å². The minimum atomic E-state index is -3.00. The molecule has 0 radical (unpaired) electrons. The van der Waals surface area contributed by atoms with Gasteiger partial charge in [0.25, 0.3) is 0 Å². The maximum atomic E-state index is 6.16. The van der Waals surface area contributed by atoms with Crippen molar-refractivity contribution >= 4 is 48.1 Å². The van der Waals surface area contributed by atoms with Crippen molar-refractivity contribution in [3.63, 3.8) is 0 Å². The monoisotopic (exact) mass is 602 g/mol. The molecule has 0 aliphatic carbocycles. The number of benzene rings is 5. The third-order valence-electron chi connectivity index (χ3n) is 7.45. The van der Waals surface area contributed by atoms with Crippen molar-refractivity contribution in [3.05, 3.63) is 139 Å². The lowest BCUT2D eigenvalue weighted by atomic mass is 10.1. The molecule has 5 aromatic rings. The molecule has 5 nitrogen and oxygen atoms in total. The van der Waals surface area contributed by atoms with E-state index >= 15 is 0 Å². The minimum absolute atomic E-state index is 0.526. The molecule has 0 aliphatic rings. The molecule has 5 rings (SSSR count). The summed E-state index contributed by atoms with van der Waals surface area (Å²) < 4.78 is 18.5. The van der Waals surface area contributed by atoms with E-state index in [4.69, 9.17) is 13.3 Å². The van der Waals surface area contributed by atoms with E-state index in [9.17, 15) is 0 Å². The molecular formula is C38H42N2O3Si. The van der Waals surface area contributed by atoms with Gasteiger partial charge in [0.2, 0.25) is 0 Å². The summed E-state index contributed by atoms with van der Waals surface area (Å²) in [6, 6.07) is 45.0. The Labute approximate surface area is 263 Å². The van der Waals surface area contributed by atoms with Gasteiger partial charge in [-0.1, -0.05) is 65.7 Å². The molecule has 0 fully saturated rings. The molecule has 226 valence electrons. The second-order valence-electron chi connectivity index (χ2n) is 10.6. The molecule has 0 heterocycles. The van der Waals surface area contributed by atoms with Crippen LogP contribution in [0.4, 0.5) is 34.1 Å². The first-order chi connectivity index (χ1) is 21.5. The maximum Gasteiger partial charge on any atom is 0.537 e. The van der Waals surface area contributed by atoms with Crippen LogP contribution >= 0.6 is 0 Å². The second-order valence-corrected chi connectivity index (χ2v) is 13.2. The van der Waals surface area contributed by atoms with Crippen LogP contribution in [0, 0.1) is 13.8 Å². The van der Waals surface area contributed by atoms with Crippen molar-refractivity contribution in [3.8, 4) is 0 Å². The van der Waals surface area contributed by atoms with Gasteiger partial charge < -0.3 is 23.1 Å². The highest BCUT2D eigenvalue weighted by Gasteiger charge is 2.43. The van der Waals surface area contributed by atoms with Gasteiger partial charge >= 0.3 is 8.80 Å². The van der Waals surface area contributed by atoms with Gasteiger partial charge in [-0.15, -0.1) is 0 Å². The van der Waals surface area contributed by atoms with Crippen LogP contribution < -0.4 is 15.0 Å². The Morgan fingerprint density at radius 1 is 0.409 bits per heavy atom. The largest absolute Gasteiger partial charge is 0.537 e. The Bertz CT molecular complexity index is 1530. The molecule has 0 aliphatic heterocycles. The zero-order chi connectivity index (χ0) is 30.9. The summed E-state index contributed by atoms with van der Waals surface area (Å²) in [5, 5.41) is 0.960. The quantitative estimate of drug-likeness (QED) is 0.125. The van der Waals surface area contributed by atoms with Crippen molar-refractivity contribution in [2.75, 3.05) is 29.6 Å². The normalized spacial score (nSPS) is 11.4. The number of hydrogen-bond acceptors (Lipinski definition) is 5. The highest BCUT2D eigenvalue weighted by Crippen LogP contribution is 2.39. The first kappa shape index (κ1) is 31.2. The van der Waals surface area contributed by atoms with E-state index in [1.165, 1.54) is 11.1 Å². The van der Waals surface area contributed by atoms with Gasteiger partial charge in [0.05, 0.1) is 0 Å². The molecule has 0 N–H and O–H groups in total. The fourth-order valence-electron chi connectivity index (χ4n) is 5.37. The fourth-order valence-corrected chi connectivity index (χ4v) is 7.83. The van der Waals surface area contributed by atoms with E-state index in [2.05, 4.69) is 145 Å². The molecule has 44 heavy (non-hydrogen) atoms.